The Kier molecular flexibility index (Phi) is 4.39. The highest BCUT2D eigenvalue weighted by Crippen LogP contribution is 2.25. The number of amides is 1. The maximum atomic E-state index is 11.9. The first kappa shape index (κ1) is 13.8. The number of benzene rings is 1. The van der Waals surface area contributed by atoms with Gasteiger partial charge in [-0.25, -0.2) is 0 Å². The Labute approximate surface area is 113 Å². The van der Waals surface area contributed by atoms with Crippen LogP contribution >= 0.6 is 0 Å². The SMILES string of the molecule is Cc1cc(NC(=O)CN2CCOCC2)cc(C)c1O. The molecule has 1 saturated heterocycles. The monoisotopic (exact) mass is 264 g/mol. The number of anilines is 1. The molecular formula is C14H20N2O3. The fourth-order valence-corrected chi connectivity index (χ4v) is 2.19. The lowest BCUT2D eigenvalue weighted by atomic mass is 10.1. The van der Waals surface area contributed by atoms with Crippen LogP contribution in [0.3, 0.4) is 0 Å². The fourth-order valence-electron chi connectivity index (χ4n) is 2.19. The summed E-state index contributed by atoms with van der Waals surface area (Å²) in [6, 6.07) is 3.55. The van der Waals surface area contributed by atoms with E-state index >= 15 is 0 Å². The molecule has 1 aliphatic rings. The second-order valence-electron chi connectivity index (χ2n) is 4.90. The summed E-state index contributed by atoms with van der Waals surface area (Å²) in [5.74, 6) is 0.248. The van der Waals surface area contributed by atoms with Crippen molar-refractivity contribution in [2.45, 2.75) is 13.8 Å². The van der Waals surface area contributed by atoms with Crippen molar-refractivity contribution in [3.8, 4) is 5.75 Å². The number of aromatic hydroxyl groups is 1. The average molecular weight is 264 g/mol. The number of ether oxygens (including phenoxy) is 1. The number of nitrogens with one attached hydrogen (secondary N) is 1. The normalized spacial score (nSPS) is 16.3. The zero-order valence-corrected chi connectivity index (χ0v) is 11.4. The van der Waals surface area contributed by atoms with Crippen LogP contribution in [0.25, 0.3) is 0 Å². The van der Waals surface area contributed by atoms with Gasteiger partial charge in [-0.15, -0.1) is 0 Å². The summed E-state index contributed by atoms with van der Waals surface area (Å²) in [4.78, 5) is 14.0. The van der Waals surface area contributed by atoms with Crippen molar-refractivity contribution in [3.63, 3.8) is 0 Å². The lowest BCUT2D eigenvalue weighted by molar-refractivity contribution is -0.118. The van der Waals surface area contributed by atoms with Crippen LogP contribution in [0.4, 0.5) is 5.69 Å². The predicted molar refractivity (Wildman–Crippen MR) is 73.5 cm³/mol. The predicted octanol–water partition coefficient (Wildman–Crippen LogP) is 1.28. The number of aryl methyl sites for hydroxylation is 2. The molecule has 0 radical (unpaired) electrons. The number of rotatable bonds is 3. The molecule has 0 saturated carbocycles. The number of hydrogen-bond acceptors (Lipinski definition) is 4. The first-order valence-corrected chi connectivity index (χ1v) is 6.46. The topological polar surface area (TPSA) is 61.8 Å². The molecule has 0 aliphatic carbocycles. The van der Waals surface area contributed by atoms with Crippen LogP contribution in [-0.4, -0.2) is 48.8 Å². The molecule has 2 N–H and O–H groups in total. The summed E-state index contributed by atoms with van der Waals surface area (Å²) < 4.78 is 5.24. The molecule has 2 rings (SSSR count). The lowest BCUT2D eigenvalue weighted by Gasteiger charge is -2.25. The molecule has 5 heteroatoms. The molecule has 0 spiro atoms. The molecule has 1 amide bonds. The van der Waals surface area contributed by atoms with E-state index in [1.165, 1.54) is 0 Å². The van der Waals surface area contributed by atoms with E-state index in [2.05, 4.69) is 10.2 Å². The summed E-state index contributed by atoms with van der Waals surface area (Å²) in [6.45, 7) is 6.97. The van der Waals surface area contributed by atoms with E-state index in [9.17, 15) is 9.90 Å². The quantitative estimate of drug-likeness (QED) is 0.807. The smallest absolute Gasteiger partial charge is 0.238 e. The maximum Gasteiger partial charge on any atom is 0.238 e. The van der Waals surface area contributed by atoms with Crippen molar-refractivity contribution in [3.05, 3.63) is 23.3 Å². The van der Waals surface area contributed by atoms with Crippen molar-refractivity contribution >= 4 is 11.6 Å². The molecule has 0 atom stereocenters. The number of carbonyl (C=O) groups is 1. The molecule has 1 fully saturated rings. The molecule has 1 heterocycles. The van der Waals surface area contributed by atoms with E-state index in [4.69, 9.17) is 4.74 Å². The third-order valence-corrected chi connectivity index (χ3v) is 3.25. The zero-order valence-electron chi connectivity index (χ0n) is 11.4. The van der Waals surface area contributed by atoms with Crippen LogP contribution in [0, 0.1) is 13.8 Å². The van der Waals surface area contributed by atoms with Gasteiger partial charge in [0, 0.05) is 18.8 Å². The fraction of sp³-hybridized carbons (Fsp3) is 0.500. The van der Waals surface area contributed by atoms with Gasteiger partial charge in [0.05, 0.1) is 19.8 Å². The summed E-state index contributed by atoms with van der Waals surface area (Å²) in [5.41, 5.74) is 2.26. The zero-order chi connectivity index (χ0) is 13.8. The van der Waals surface area contributed by atoms with Gasteiger partial charge in [-0.1, -0.05) is 0 Å². The van der Waals surface area contributed by atoms with Crippen LogP contribution in [0.5, 0.6) is 5.75 Å². The Balaban J connectivity index is 1.94. The van der Waals surface area contributed by atoms with Crippen molar-refractivity contribution < 1.29 is 14.6 Å². The standard InChI is InChI=1S/C14H20N2O3/c1-10-7-12(8-11(2)14(10)18)15-13(17)9-16-3-5-19-6-4-16/h7-8,18H,3-6,9H2,1-2H3,(H,15,17). The first-order valence-electron chi connectivity index (χ1n) is 6.46. The molecule has 1 aromatic rings. The highest BCUT2D eigenvalue weighted by Gasteiger charge is 2.14. The molecule has 1 aliphatic heterocycles. The Morgan fingerprint density at radius 3 is 2.47 bits per heavy atom. The van der Waals surface area contributed by atoms with Crippen molar-refractivity contribution in [1.82, 2.24) is 4.90 Å². The van der Waals surface area contributed by atoms with Gasteiger partial charge in [0.25, 0.3) is 0 Å². The van der Waals surface area contributed by atoms with Crippen LogP contribution < -0.4 is 5.32 Å². The molecule has 104 valence electrons. The van der Waals surface area contributed by atoms with Crippen molar-refractivity contribution in [2.24, 2.45) is 0 Å². The summed E-state index contributed by atoms with van der Waals surface area (Å²) >= 11 is 0. The van der Waals surface area contributed by atoms with Gasteiger partial charge in [-0.2, -0.15) is 0 Å². The Morgan fingerprint density at radius 1 is 1.32 bits per heavy atom. The average Bonchev–Trinajstić information content (AvgIpc) is 2.37. The van der Waals surface area contributed by atoms with Crippen LogP contribution in [-0.2, 0) is 9.53 Å². The summed E-state index contributed by atoms with van der Waals surface area (Å²) in [7, 11) is 0. The Bertz CT molecular complexity index is 445. The second-order valence-corrected chi connectivity index (χ2v) is 4.90. The van der Waals surface area contributed by atoms with E-state index in [-0.39, 0.29) is 11.7 Å². The number of phenols is 1. The van der Waals surface area contributed by atoms with Gasteiger partial charge in [0.15, 0.2) is 0 Å². The van der Waals surface area contributed by atoms with Crippen molar-refractivity contribution in [1.29, 1.82) is 0 Å². The molecule has 0 aromatic heterocycles. The largest absolute Gasteiger partial charge is 0.507 e. The van der Waals surface area contributed by atoms with Gasteiger partial charge < -0.3 is 15.2 Å². The molecule has 0 bridgehead atoms. The van der Waals surface area contributed by atoms with E-state index in [1.807, 2.05) is 13.8 Å². The van der Waals surface area contributed by atoms with Gasteiger partial charge in [0.1, 0.15) is 5.75 Å². The van der Waals surface area contributed by atoms with Gasteiger partial charge in [-0.3, -0.25) is 9.69 Å². The maximum absolute atomic E-state index is 11.9. The third-order valence-electron chi connectivity index (χ3n) is 3.25. The van der Waals surface area contributed by atoms with E-state index in [1.54, 1.807) is 12.1 Å². The van der Waals surface area contributed by atoms with Gasteiger partial charge >= 0.3 is 0 Å². The van der Waals surface area contributed by atoms with E-state index in [0.29, 0.717) is 19.8 Å². The highest BCUT2D eigenvalue weighted by molar-refractivity contribution is 5.92. The van der Waals surface area contributed by atoms with E-state index in [0.717, 1.165) is 29.9 Å². The Morgan fingerprint density at radius 2 is 1.89 bits per heavy atom. The van der Waals surface area contributed by atoms with Crippen LogP contribution in [0.1, 0.15) is 11.1 Å². The van der Waals surface area contributed by atoms with E-state index < -0.39 is 0 Å². The number of carbonyl (C=O) groups excluding carboxylic acids is 1. The molecule has 1 aromatic carbocycles. The minimum Gasteiger partial charge on any atom is -0.507 e. The Hall–Kier alpha value is -1.59. The number of morpholine rings is 1. The molecular weight excluding hydrogens is 244 g/mol. The third kappa shape index (κ3) is 3.68. The van der Waals surface area contributed by atoms with Gasteiger partial charge in [0.2, 0.25) is 5.91 Å². The molecule has 5 nitrogen and oxygen atoms in total. The number of nitrogens with zero attached hydrogens (tertiary/aromatic N) is 1. The van der Waals surface area contributed by atoms with Crippen molar-refractivity contribution in [2.75, 3.05) is 38.2 Å². The molecule has 0 unspecified atom stereocenters. The van der Waals surface area contributed by atoms with Crippen LogP contribution in [0.2, 0.25) is 0 Å². The minimum absolute atomic E-state index is 0.0358. The number of hydrogen-bond donors (Lipinski definition) is 2. The summed E-state index contributed by atoms with van der Waals surface area (Å²) in [5, 5.41) is 12.6. The second kappa shape index (κ2) is 6.04. The van der Waals surface area contributed by atoms with Crippen LogP contribution in [0.15, 0.2) is 12.1 Å². The molecule has 19 heavy (non-hydrogen) atoms. The first-order chi connectivity index (χ1) is 9.06. The summed E-state index contributed by atoms with van der Waals surface area (Å²) in [6.07, 6.45) is 0. The lowest BCUT2D eigenvalue weighted by Crippen LogP contribution is -2.41. The van der Waals surface area contributed by atoms with Gasteiger partial charge in [-0.05, 0) is 37.1 Å². The number of phenolic OH excluding ortho intramolecular Hbond substituents is 1. The minimum atomic E-state index is -0.0358. The highest BCUT2D eigenvalue weighted by atomic mass is 16.5.